The number of furan rings is 1. The highest BCUT2D eigenvalue weighted by Gasteiger charge is 2.47. The number of carbonyl (C=O) groups excluding carboxylic acids is 1. The average molecular weight is 329 g/mol. The fourth-order valence-electron chi connectivity index (χ4n) is 4.20. The van der Waals surface area contributed by atoms with E-state index < -0.39 is 0 Å². The molecule has 2 aromatic rings. The third-order valence-corrected chi connectivity index (χ3v) is 5.34. The van der Waals surface area contributed by atoms with E-state index in [1.54, 1.807) is 7.11 Å². The standard InChI is InChI=1S/C19H23NO4/c1-22-13-19-8-4-10-23-17(19)7-9-20(12-19)18(21)16-11-14-5-2-3-6-15(14)24-16/h2-3,5-6,11,17H,4,7-10,12-13H2,1H3/t17-,19-/m0/s1. The van der Waals surface area contributed by atoms with Crippen LogP contribution in [0.4, 0.5) is 0 Å². The Morgan fingerprint density at radius 2 is 2.29 bits per heavy atom. The topological polar surface area (TPSA) is 51.9 Å². The molecule has 1 aromatic carbocycles. The molecule has 2 fully saturated rings. The summed E-state index contributed by atoms with van der Waals surface area (Å²) in [5.74, 6) is 0.379. The quantitative estimate of drug-likeness (QED) is 0.868. The third-order valence-electron chi connectivity index (χ3n) is 5.34. The molecule has 1 aromatic heterocycles. The maximum Gasteiger partial charge on any atom is 0.289 e. The van der Waals surface area contributed by atoms with Crippen LogP contribution in [0.1, 0.15) is 29.8 Å². The summed E-state index contributed by atoms with van der Waals surface area (Å²) in [5.41, 5.74) is 0.663. The van der Waals surface area contributed by atoms with Gasteiger partial charge in [0.05, 0.1) is 12.7 Å². The van der Waals surface area contributed by atoms with Crippen LogP contribution in [0.5, 0.6) is 0 Å². The van der Waals surface area contributed by atoms with Crippen molar-refractivity contribution in [1.82, 2.24) is 4.90 Å². The van der Waals surface area contributed by atoms with E-state index in [4.69, 9.17) is 13.9 Å². The Bertz CT molecular complexity index is 703. The van der Waals surface area contributed by atoms with Gasteiger partial charge >= 0.3 is 0 Å². The van der Waals surface area contributed by atoms with Crippen LogP contribution in [0.25, 0.3) is 11.0 Å². The van der Waals surface area contributed by atoms with Crippen LogP contribution >= 0.6 is 0 Å². The fraction of sp³-hybridized carbons (Fsp3) is 0.526. The van der Waals surface area contributed by atoms with Crippen molar-refractivity contribution in [2.75, 3.05) is 33.4 Å². The molecule has 0 unspecified atom stereocenters. The summed E-state index contributed by atoms with van der Waals surface area (Å²) in [5, 5.41) is 0.961. The number of fused-ring (bicyclic) bond motifs is 2. The van der Waals surface area contributed by atoms with E-state index in [9.17, 15) is 4.79 Å². The Morgan fingerprint density at radius 3 is 3.12 bits per heavy atom. The normalized spacial score (nSPS) is 27.2. The number of hydrogen-bond acceptors (Lipinski definition) is 4. The van der Waals surface area contributed by atoms with Gasteiger partial charge in [0.15, 0.2) is 5.76 Å². The van der Waals surface area contributed by atoms with E-state index in [0.29, 0.717) is 25.5 Å². The predicted molar refractivity (Wildman–Crippen MR) is 90.0 cm³/mol. The summed E-state index contributed by atoms with van der Waals surface area (Å²) in [7, 11) is 1.72. The average Bonchev–Trinajstić information content (AvgIpc) is 3.04. The number of piperidine rings is 1. The minimum atomic E-state index is -0.0904. The fourth-order valence-corrected chi connectivity index (χ4v) is 4.20. The highest BCUT2D eigenvalue weighted by Crippen LogP contribution is 2.40. The maximum atomic E-state index is 12.9. The zero-order valence-corrected chi connectivity index (χ0v) is 14.0. The van der Waals surface area contributed by atoms with Crippen LogP contribution in [-0.4, -0.2) is 50.3 Å². The molecule has 2 atom stereocenters. The van der Waals surface area contributed by atoms with E-state index in [1.165, 1.54) is 0 Å². The van der Waals surface area contributed by atoms with Gasteiger partial charge in [-0.15, -0.1) is 0 Å². The van der Waals surface area contributed by atoms with Gasteiger partial charge in [-0.3, -0.25) is 4.79 Å². The number of para-hydroxylation sites is 1. The zero-order valence-electron chi connectivity index (χ0n) is 14.0. The number of amides is 1. The van der Waals surface area contributed by atoms with Crippen molar-refractivity contribution in [3.05, 3.63) is 36.1 Å². The van der Waals surface area contributed by atoms with Gasteiger partial charge in [0.25, 0.3) is 5.91 Å². The monoisotopic (exact) mass is 329 g/mol. The van der Waals surface area contributed by atoms with Crippen molar-refractivity contribution >= 4 is 16.9 Å². The molecule has 128 valence electrons. The van der Waals surface area contributed by atoms with Crippen molar-refractivity contribution in [2.45, 2.75) is 25.4 Å². The molecule has 1 amide bonds. The molecule has 2 aliphatic rings. The molecule has 0 radical (unpaired) electrons. The van der Waals surface area contributed by atoms with Gasteiger partial charge in [0.1, 0.15) is 5.58 Å². The Hall–Kier alpha value is -1.85. The summed E-state index contributed by atoms with van der Waals surface area (Å²) < 4.78 is 17.2. The lowest BCUT2D eigenvalue weighted by Crippen LogP contribution is -2.58. The Morgan fingerprint density at radius 1 is 1.42 bits per heavy atom. The molecule has 2 aliphatic heterocycles. The number of ether oxygens (including phenoxy) is 2. The highest BCUT2D eigenvalue weighted by atomic mass is 16.5. The summed E-state index contributed by atoms with van der Waals surface area (Å²) in [6.07, 6.45) is 3.10. The molecule has 0 saturated carbocycles. The molecule has 0 aliphatic carbocycles. The van der Waals surface area contributed by atoms with Crippen LogP contribution in [0.3, 0.4) is 0 Å². The zero-order chi connectivity index (χ0) is 16.6. The number of likely N-dealkylation sites (tertiary alicyclic amines) is 1. The Balaban J connectivity index is 1.58. The van der Waals surface area contributed by atoms with E-state index in [0.717, 1.165) is 36.8 Å². The minimum absolute atomic E-state index is 0.0364. The highest BCUT2D eigenvalue weighted by molar-refractivity contribution is 5.96. The van der Waals surface area contributed by atoms with Crippen LogP contribution in [0, 0.1) is 5.41 Å². The summed E-state index contributed by atoms with van der Waals surface area (Å²) in [6.45, 7) is 2.81. The second-order valence-electron chi connectivity index (χ2n) is 6.92. The first-order valence-electron chi connectivity index (χ1n) is 8.60. The maximum absolute atomic E-state index is 12.9. The molecular weight excluding hydrogens is 306 g/mol. The van der Waals surface area contributed by atoms with E-state index in [1.807, 2.05) is 35.2 Å². The number of nitrogens with zero attached hydrogens (tertiary/aromatic N) is 1. The second kappa shape index (κ2) is 6.22. The molecule has 2 saturated heterocycles. The number of carbonyl (C=O) groups is 1. The SMILES string of the molecule is COC[C@@]12CCCO[C@H]1CCN(C(=O)c1cc3ccccc3o1)C2. The first-order valence-corrected chi connectivity index (χ1v) is 8.60. The van der Waals surface area contributed by atoms with Gasteiger partial charge in [-0.2, -0.15) is 0 Å². The number of benzene rings is 1. The largest absolute Gasteiger partial charge is 0.451 e. The van der Waals surface area contributed by atoms with Crippen molar-refractivity contribution in [1.29, 1.82) is 0 Å². The van der Waals surface area contributed by atoms with Crippen molar-refractivity contribution < 1.29 is 18.7 Å². The molecule has 0 N–H and O–H groups in total. The summed E-state index contributed by atoms with van der Waals surface area (Å²) in [6, 6.07) is 9.55. The molecule has 5 heteroatoms. The lowest BCUT2D eigenvalue weighted by Gasteiger charge is -2.50. The number of methoxy groups -OCH3 is 1. The molecule has 24 heavy (non-hydrogen) atoms. The van der Waals surface area contributed by atoms with Crippen LogP contribution in [0.2, 0.25) is 0 Å². The second-order valence-corrected chi connectivity index (χ2v) is 6.92. The van der Waals surface area contributed by atoms with Crippen LogP contribution < -0.4 is 0 Å². The summed E-state index contributed by atoms with van der Waals surface area (Å²) >= 11 is 0. The van der Waals surface area contributed by atoms with E-state index >= 15 is 0 Å². The Kier molecular flexibility index (Phi) is 4.06. The van der Waals surface area contributed by atoms with Gasteiger partial charge in [0, 0.05) is 37.6 Å². The minimum Gasteiger partial charge on any atom is -0.451 e. The van der Waals surface area contributed by atoms with Gasteiger partial charge < -0.3 is 18.8 Å². The predicted octanol–water partition coefficient (Wildman–Crippen LogP) is 3.09. The lowest BCUT2D eigenvalue weighted by atomic mass is 9.73. The van der Waals surface area contributed by atoms with Crippen LogP contribution in [-0.2, 0) is 9.47 Å². The Labute approximate surface area is 141 Å². The lowest BCUT2D eigenvalue weighted by molar-refractivity contribution is -0.142. The smallest absolute Gasteiger partial charge is 0.289 e. The third kappa shape index (κ3) is 2.62. The van der Waals surface area contributed by atoms with Crippen LogP contribution in [0.15, 0.2) is 34.7 Å². The van der Waals surface area contributed by atoms with E-state index in [-0.39, 0.29) is 17.4 Å². The van der Waals surface area contributed by atoms with Gasteiger partial charge in [0.2, 0.25) is 0 Å². The molecular formula is C19H23NO4. The molecule has 5 nitrogen and oxygen atoms in total. The molecule has 4 rings (SSSR count). The van der Waals surface area contributed by atoms with E-state index in [2.05, 4.69) is 0 Å². The van der Waals surface area contributed by atoms with Gasteiger partial charge in [-0.05, 0) is 31.4 Å². The summed E-state index contributed by atoms with van der Waals surface area (Å²) in [4.78, 5) is 14.8. The number of hydrogen-bond donors (Lipinski definition) is 0. The molecule has 3 heterocycles. The molecule has 0 spiro atoms. The van der Waals surface area contributed by atoms with Crippen molar-refractivity contribution in [3.63, 3.8) is 0 Å². The number of rotatable bonds is 3. The molecule has 0 bridgehead atoms. The van der Waals surface area contributed by atoms with Gasteiger partial charge in [-0.25, -0.2) is 0 Å². The first kappa shape index (κ1) is 15.7. The van der Waals surface area contributed by atoms with Crippen molar-refractivity contribution in [2.24, 2.45) is 5.41 Å². The first-order chi connectivity index (χ1) is 11.7. The van der Waals surface area contributed by atoms with Crippen molar-refractivity contribution in [3.8, 4) is 0 Å². The van der Waals surface area contributed by atoms with Gasteiger partial charge in [-0.1, -0.05) is 18.2 Å².